The number of nitrogens with one attached hydrogen (secondary N) is 1. The van der Waals surface area contributed by atoms with Crippen LogP contribution in [-0.2, 0) is 6.18 Å². The van der Waals surface area contributed by atoms with Gasteiger partial charge >= 0.3 is 6.18 Å². The number of rotatable bonds is 0. The Morgan fingerprint density at radius 3 is 2.25 bits per heavy atom. The van der Waals surface area contributed by atoms with E-state index in [0.717, 1.165) is 0 Å². The first-order valence-electron chi connectivity index (χ1n) is 2.86. The van der Waals surface area contributed by atoms with Gasteiger partial charge in [0.2, 0.25) is 0 Å². The molecule has 1 aromatic rings. The Morgan fingerprint density at radius 1 is 1.25 bits per heavy atom. The van der Waals surface area contributed by atoms with E-state index in [4.69, 9.17) is 0 Å². The Morgan fingerprint density at radius 2 is 1.83 bits per heavy atom. The molecule has 0 fully saturated rings. The predicted molar refractivity (Wildman–Crippen MR) is 36.6 cm³/mol. The summed E-state index contributed by atoms with van der Waals surface area (Å²) >= 11 is 4.36. The lowest BCUT2D eigenvalue weighted by atomic mass is 10.3. The van der Waals surface area contributed by atoms with E-state index in [1.54, 1.807) is 0 Å². The molecule has 66 valence electrons. The minimum absolute atomic E-state index is 0.276. The van der Waals surface area contributed by atoms with Crippen molar-refractivity contribution in [2.24, 2.45) is 0 Å². The van der Waals surface area contributed by atoms with Crippen LogP contribution in [-0.4, -0.2) is 4.98 Å². The number of halogens is 4. The molecule has 1 N–H and O–H groups in total. The number of pyridine rings is 1. The number of H-pyrrole nitrogens is 1. The maximum absolute atomic E-state index is 12.3. The van der Waals surface area contributed by atoms with Crippen molar-refractivity contribution >= 4 is 12.2 Å². The molecule has 6 heteroatoms. The zero-order valence-corrected chi connectivity index (χ0v) is 6.39. The van der Waals surface area contributed by atoms with Gasteiger partial charge in [0.25, 0.3) is 0 Å². The number of aromatic amines is 1. The van der Waals surface area contributed by atoms with E-state index < -0.39 is 17.7 Å². The van der Waals surface area contributed by atoms with Crippen molar-refractivity contribution in [3.63, 3.8) is 0 Å². The second kappa shape index (κ2) is 2.85. The van der Waals surface area contributed by atoms with Gasteiger partial charge in [0.15, 0.2) is 5.95 Å². The van der Waals surface area contributed by atoms with Gasteiger partial charge in [0, 0.05) is 6.07 Å². The molecule has 0 unspecified atom stereocenters. The third kappa shape index (κ3) is 2.04. The summed E-state index contributed by atoms with van der Waals surface area (Å²) in [4.78, 5) is 1.93. The second-order valence-corrected chi connectivity index (χ2v) is 2.52. The van der Waals surface area contributed by atoms with Crippen molar-refractivity contribution in [1.29, 1.82) is 0 Å². The summed E-state index contributed by atoms with van der Waals surface area (Å²) < 4.78 is 47.8. The van der Waals surface area contributed by atoms with Gasteiger partial charge in [-0.05, 0) is 6.07 Å². The van der Waals surface area contributed by atoms with Gasteiger partial charge in [-0.25, -0.2) is 0 Å². The van der Waals surface area contributed by atoms with Crippen molar-refractivity contribution in [2.45, 2.75) is 6.18 Å². The van der Waals surface area contributed by atoms with Gasteiger partial charge in [-0.1, -0.05) is 12.2 Å². The van der Waals surface area contributed by atoms with Crippen LogP contribution in [0.25, 0.3) is 0 Å². The molecule has 1 heterocycles. The Labute approximate surface area is 70.0 Å². The Balaban J connectivity index is 3.27. The van der Waals surface area contributed by atoms with Crippen LogP contribution in [0.2, 0.25) is 0 Å². The molecule has 0 aliphatic rings. The minimum atomic E-state index is -4.55. The van der Waals surface area contributed by atoms with Crippen LogP contribution in [0.15, 0.2) is 12.1 Å². The fraction of sp³-hybridized carbons (Fsp3) is 0.167. The third-order valence-electron chi connectivity index (χ3n) is 1.14. The van der Waals surface area contributed by atoms with Crippen LogP contribution in [0.4, 0.5) is 17.6 Å². The Hall–Kier alpha value is -0.910. The lowest BCUT2D eigenvalue weighted by Crippen LogP contribution is -2.05. The van der Waals surface area contributed by atoms with Crippen LogP contribution < -0.4 is 0 Å². The highest BCUT2D eigenvalue weighted by Crippen LogP contribution is 2.28. The summed E-state index contributed by atoms with van der Waals surface area (Å²) in [7, 11) is 0. The van der Waals surface area contributed by atoms with E-state index in [-0.39, 0.29) is 4.64 Å². The summed E-state index contributed by atoms with van der Waals surface area (Å²) in [6.45, 7) is 0. The Kier molecular flexibility index (Phi) is 2.18. The molecular formula is C6H3F4NS. The van der Waals surface area contributed by atoms with Gasteiger partial charge in [0.1, 0.15) is 4.64 Å². The average molecular weight is 197 g/mol. The number of aromatic nitrogens is 1. The first-order chi connectivity index (χ1) is 5.39. The zero-order valence-electron chi connectivity index (χ0n) is 5.57. The zero-order chi connectivity index (χ0) is 9.35. The highest BCUT2D eigenvalue weighted by molar-refractivity contribution is 7.71. The van der Waals surface area contributed by atoms with Crippen molar-refractivity contribution in [2.75, 3.05) is 0 Å². The minimum Gasteiger partial charge on any atom is -0.323 e. The van der Waals surface area contributed by atoms with E-state index in [9.17, 15) is 17.6 Å². The van der Waals surface area contributed by atoms with Crippen molar-refractivity contribution in [1.82, 2.24) is 4.98 Å². The molecule has 0 spiro atoms. The summed E-state index contributed by atoms with van der Waals surface area (Å²) in [6.07, 6.45) is -4.55. The van der Waals surface area contributed by atoms with Crippen molar-refractivity contribution < 1.29 is 17.6 Å². The standard InChI is InChI=1S/C6H3F4NS/c7-4-1-3(6(8,9)10)2-5(12)11-4/h1-2H,(H,11,12). The van der Waals surface area contributed by atoms with E-state index >= 15 is 0 Å². The Bertz CT molecular complexity index is 340. The molecule has 0 aliphatic carbocycles. The fourth-order valence-electron chi connectivity index (χ4n) is 0.673. The molecule has 0 saturated heterocycles. The summed E-state index contributed by atoms with van der Waals surface area (Å²) in [5.41, 5.74) is -1.08. The smallest absolute Gasteiger partial charge is 0.323 e. The van der Waals surface area contributed by atoms with E-state index in [0.29, 0.717) is 12.1 Å². The lowest BCUT2D eigenvalue weighted by Gasteiger charge is -2.05. The maximum Gasteiger partial charge on any atom is 0.416 e. The highest BCUT2D eigenvalue weighted by Gasteiger charge is 2.30. The first kappa shape index (κ1) is 9.18. The summed E-state index contributed by atoms with van der Waals surface area (Å²) in [5, 5.41) is 0. The predicted octanol–water partition coefficient (Wildman–Crippen LogP) is 2.90. The van der Waals surface area contributed by atoms with E-state index in [1.165, 1.54) is 0 Å². The summed E-state index contributed by atoms with van der Waals surface area (Å²) in [6, 6.07) is 1.02. The largest absolute Gasteiger partial charge is 0.416 e. The van der Waals surface area contributed by atoms with Crippen LogP contribution >= 0.6 is 12.2 Å². The van der Waals surface area contributed by atoms with Gasteiger partial charge in [-0.2, -0.15) is 17.6 Å². The van der Waals surface area contributed by atoms with Crippen LogP contribution in [0, 0.1) is 10.6 Å². The van der Waals surface area contributed by atoms with Crippen molar-refractivity contribution in [3.8, 4) is 0 Å². The summed E-state index contributed by atoms with van der Waals surface area (Å²) in [5.74, 6) is -1.09. The molecule has 12 heavy (non-hydrogen) atoms. The number of hydrogen-bond acceptors (Lipinski definition) is 1. The van der Waals surface area contributed by atoms with E-state index in [1.807, 2.05) is 4.98 Å². The number of hydrogen-bond donors (Lipinski definition) is 1. The topological polar surface area (TPSA) is 15.8 Å². The van der Waals surface area contributed by atoms with Gasteiger partial charge in [-0.15, -0.1) is 0 Å². The van der Waals surface area contributed by atoms with Crippen LogP contribution in [0.1, 0.15) is 5.56 Å². The van der Waals surface area contributed by atoms with Gasteiger partial charge in [0.05, 0.1) is 5.56 Å². The quantitative estimate of drug-likeness (QED) is 0.384. The first-order valence-corrected chi connectivity index (χ1v) is 3.27. The molecule has 0 aromatic carbocycles. The van der Waals surface area contributed by atoms with Gasteiger partial charge < -0.3 is 4.98 Å². The molecule has 0 bridgehead atoms. The monoisotopic (exact) mass is 197 g/mol. The SMILES string of the molecule is Fc1cc(C(F)(F)F)cc(=S)[nH]1. The number of alkyl halides is 3. The molecular weight excluding hydrogens is 194 g/mol. The van der Waals surface area contributed by atoms with Crippen LogP contribution in [0.3, 0.4) is 0 Å². The molecule has 0 aliphatic heterocycles. The molecule has 0 atom stereocenters. The lowest BCUT2D eigenvalue weighted by molar-refractivity contribution is -0.137. The molecule has 0 saturated carbocycles. The van der Waals surface area contributed by atoms with Gasteiger partial charge in [-0.3, -0.25) is 0 Å². The molecule has 1 rings (SSSR count). The normalized spacial score (nSPS) is 11.7. The van der Waals surface area contributed by atoms with Crippen LogP contribution in [0.5, 0.6) is 0 Å². The molecule has 1 aromatic heterocycles. The second-order valence-electron chi connectivity index (χ2n) is 2.08. The molecule has 0 amide bonds. The maximum atomic E-state index is 12.3. The fourth-order valence-corrected chi connectivity index (χ4v) is 0.897. The molecule has 0 radical (unpaired) electrons. The van der Waals surface area contributed by atoms with E-state index in [2.05, 4.69) is 12.2 Å². The van der Waals surface area contributed by atoms with Crippen molar-refractivity contribution in [3.05, 3.63) is 28.3 Å². The average Bonchev–Trinajstić information content (AvgIpc) is 1.82. The molecule has 1 nitrogen and oxygen atoms in total. The highest BCUT2D eigenvalue weighted by atomic mass is 32.1. The third-order valence-corrected chi connectivity index (χ3v) is 1.36.